The Bertz CT molecular complexity index is 3460. The van der Waals surface area contributed by atoms with Crippen LogP contribution in [-0.4, -0.2) is 12.2 Å². The summed E-state index contributed by atoms with van der Waals surface area (Å²) in [6, 6.07) is 69.7. The third kappa shape index (κ3) is 7.28. The van der Waals surface area contributed by atoms with Gasteiger partial charge in [-0.05, 0) is 143 Å². The van der Waals surface area contributed by atoms with E-state index in [-0.39, 0.29) is 12.2 Å². The van der Waals surface area contributed by atoms with Crippen molar-refractivity contribution in [3.8, 4) is 27.9 Å². The molecule has 0 aliphatic carbocycles. The summed E-state index contributed by atoms with van der Waals surface area (Å²) in [5, 5.41) is 15.9. The van der Waals surface area contributed by atoms with E-state index < -0.39 is 15.9 Å². The lowest BCUT2D eigenvalue weighted by atomic mass is 9.93. The van der Waals surface area contributed by atoms with Crippen molar-refractivity contribution >= 4 is 96.9 Å². The van der Waals surface area contributed by atoms with E-state index in [9.17, 15) is 0 Å². The number of ether oxygens (including phenoxy) is 2. The summed E-state index contributed by atoms with van der Waals surface area (Å²) < 4.78 is 27.5. The minimum atomic E-state index is -1.75. The van der Waals surface area contributed by atoms with Gasteiger partial charge in [0.05, 0.1) is 17.5 Å². The monoisotopic (exact) mass is 868 g/mol. The van der Waals surface area contributed by atoms with Crippen molar-refractivity contribution in [2.45, 2.75) is 39.9 Å². The minimum Gasteiger partial charge on any atom is -0.491 e. The molecule has 0 amide bonds. The Morgan fingerprint density at radius 3 is 1.33 bits per heavy atom. The Balaban J connectivity index is 1.28. The van der Waals surface area contributed by atoms with Gasteiger partial charge in [-0.15, -0.1) is 0 Å². The Labute approximate surface area is 375 Å². The zero-order chi connectivity index (χ0) is 43.3. The van der Waals surface area contributed by atoms with E-state index in [4.69, 9.17) is 17.9 Å². The molecule has 64 heavy (non-hydrogen) atoms. The fourth-order valence-corrected chi connectivity index (χ4v) is 13.2. The molecule has 0 aliphatic rings. The molecule has 1 aromatic heterocycles. The maximum absolute atomic E-state index is 7.40. The lowest BCUT2D eigenvalue weighted by Gasteiger charge is -2.26. The molecular weight excluding hydrogens is 823 g/mol. The van der Waals surface area contributed by atoms with Gasteiger partial charge in [-0.3, -0.25) is 0 Å². The van der Waals surface area contributed by atoms with E-state index in [2.05, 4.69) is 222 Å². The van der Waals surface area contributed by atoms with Crippen LogP contribution in [0.25, 0.3) is 81.5 Å². The molecule has 0 radical (unpaired) electrons. The van der Waals surface area contributed by atoms with Crippen LogP contribution in [0.1, 0.15) is 27.7 Å². The van der Waals surface area contributed by atoms with Crippen molar-refractivity contribution in [3.05, 3.63) is 194 Å². The third-order valence-corrected chi connectivity index (χ3v) is 15.7. The fourth-order valence-electron chi connectivity index (χ4n) is 9.21. The summed E-state index contributed by atoms with van der Waals surface area (Å²) in [7, 11) is -2.95. The first-order chi connectivity index (χ1) is 31.4. The standard InChI is InChI=1S/C58H46O4P2/c1-37(2)59-43-19-13-21-45(35-43)63(46-22-14-20-44(36-46)60-38(3)4)53-33-29-41-17-7-11-25-49(41)57(53)58-50-26-12-8-18-42(50)30-34-54(58)64-61-51-31-27-39-15-5-9-23-47(39)55(51)56-48-24-10-6-16-40(48)28-32-52(56)62-64/h5-38H,1-4H3. The van der Waals surface area contributed by atoms with Gasteiger partial charge in [0, 0.05) is 16.3 Å². The van der Waals surface area contributed by atoms with Crippen LogP contribution in [0.15, 0.2) is 203 Å². The van der Waals surface area contributed by atoms with Gasteiger partial charge in [0.25, 0.3) is 8.01 Å². The molecular formula is C58H46O4P2. The molecule has 0 N–H and O–H groups in total. The van der Waals surface area contributed by atoms with Crippen LogP contribution in [0.3, 0.4) is 0 Å². The molecule has 4 nitrogen and oxygen atoms in total. The molecule has 0 atom stereocenters. The normalized spacial score (nSPS) is 11.9. The molecule has 0 bridgehead atoms. The molecule has 10 aromatic carbocycles. The van der Waals surface area contributed by atoms with Crippen LogP contribution in [-0.2, 0) is 0 Å². The van der Waals surface area contributed by atoms with Gasteiger partial charge in [0.15, 0.2) is 0 Å². The van der Waals surface area contributed by atoms with Gasteiger partial charge in [0.1, 0.15) is 22.7 Å². The summed E-state index contributed by atoms with van der Waals surface area (Å²) in [6.07, 6.45) is 0.0682. The average Bonchev–Trinajstić information content (AvgIpc) is 3.49. The molecule has 11 aromatic rings. The van der Waals surface area contributed by atoms with Crippen molar-refractivity contribution < 1.29 is 17.9 Å². The van der Waals surface area contributed by atoms with E-state index in [1.54, 1.807) is 0 Å². The molecule has 0 fully saturated rings. The first-order valence-electron chi connectivity index (χ1n) is 22.0. The van der Waals surface area contributed by atoms with Gasteiger partial charge in [0.2, 0.25) is 0 Å². The molecule has 0 saturated heterocycles. The molecule has 0 spiro atoms. The SMILES string of the molecule is CC(C)Oc1cccc(P(c2cccc(OC(C)C)c2)c2ccc3ccccc3c2-c2c(-p3oc4ccc5ccccc5c4c4c(ccc5ccccc54)o3)ccc3ccccc23)c1. The van der Waals surface area contributed by atoms with Gasteiger partial charge >= 0.3 is 0 Å². The Morgan fingerprint density at radius 2 is 0.828 bits per heavy atom. The van der Waals surface area contributed by atoms with Crippen molar-refractivity contribution in [3.63, 3.8) is 0 Å². The highest BCUT2D eigenvalue weighted by molar-refractivity contribution is 7.80. The van der Waals surface area contributed by atoms with E-state index in [0.29, 0.717) is 0 Å². The summed E-state index contributed by atoms with van der Waals surface area (Å²) >= 11 is 0. The highest BCUT2D eigenvalue weighted by Gasteiger charge is 2.27. The first-order valence-corrected chi connectivity index (χ1v) is 24.5. The number of hydrogen-bond donors (Lipinski definition) is 0. The van der Waals surface area contributed by atoms with Gasteiger partial charge in [-0.1, -0.05) is 152 Å². The minimum absolute atomic E-state index is 0.0341. The number of fused-ring (bicyclic) bond motifs is 9. The topological polar surface area (TPSA) is 44.7 Å². The average molecular weight is 869 g/mol. The smallest absolute Gasteiger partial charge is 0.253 e. The summed E-state index contributed by atoms with van der Waals surface area (Å²) in [5.41, 5.74) is 3.89. The molecule has 0 unspecified atom stereocenters. The van der Waals surface area contributed by atoms with Crippen molar-refractivity contribution in [2.24, 2.45) is 0 Å². The maximum Gasteiger partial charge on any atom is 0.253 e. The lowest BCUT2D eigenvalue weighted by molar-refractivity contribution is 0.242. The van der Waals surface area contributed by atoms with Crippen LogP contribution in [0.4, 0.5) is 0 Å². The zero-order valence-electron chi connectivity index (χ0n) is 36.2. The van der Waals surface area contributed by atoms with Gasteiger partial charge < -0.3 is 17.9 Å². The van der Waals surface area contributed by atoms with Crippen molar-refractivity contribution in [1.82, 2.24) is 0 Å². The summed E-state index contributed by atoms with van der Waals surface area (Å²) in [6.45, 7) is 8.31. The second-order valence-corrected chi connectivity index (χ2v) is 20.3. The zero-order valence-corrected chi connectivity index (χ0v) is 37.9. The second-order valence-electron chi connectivity index (χ2n) is 16.8. The molecule has 0 saturated carbocycles. The molecule has 11 rings (SSSR count). The highest BCUT2D eigenvalue weighted by atomic mass is 31.1. The van der Waals surface area contributed by atoms with E-state index in [1.165, 1.54) is 15.9 Å². The summed E-state index contributed by atoms with van der Waals surface area (Å²) in [4.78, 5) is 0. The quantitative estimate of drug-likeness (QED) is 0.136. The number of benzene rings is 10. The van der Waals surface area contributed by atoms with Crippen LogP contribution in [0.5, 0.6) is 11.5 Å². The van der Waals surface area contributed by atoms with Crippen molar-refractivity contribution in [2.75, 3.05) is 0 Å². The lowest BCUT2D eigenvalue weighted by Crippen LogP contribution is -2.23. The van der Waals surface area contributed by atoms with Crippen LogP contribution in [0, 0.1) is 0 Å². The predicted octanol–water partition coefficient (Wildman–Crippen LogP) is 15.9. The van der Waals surface area contributed by atoms with Crippen molar-refractivity contribution in [1.29, 1.82) is 0 Å². The summed E-state index contributed by atoms with van der Waals surface area (Å²) in [5.74, 6) is 1.70. The van der Waals surface area contributed by atoms with Crippen LogP contribution >= 0.6 is 15.9 Å². The van der Waals surface area contributed by atoms with E-state index in [1.807, 2.05) is 0 Å². The third-order valence-electron chi connectivity index (χ3n) is 11.8. The Kier molecular flexibility index (Phi) is 10.4. The Morgan fingerprint density at radius 1 is 0.406 bits per heavy atom. The maximum atomic E-state index is 7.40. The molecule has 6 heteroatoms. The first kappa shape index (κ1) is 40.0. The predicted molar refractivity (Wildman–Crippen MR) is 273 cm³/mol. The van der Waals surface area contributed by atoms with Crippen LogP contribution in [0.2, 0.25) is 0 Å². The number of rotatable bonds is 9. The fraction of sp³-hybridized carbons (Fsp3) is 0.103. The Hall–Kier alpha value is -6.83. The van der Waals surface area contributed by atoms with Gasteiger partial charge in [-0.25, -0.2) is 0 Å². The molecule has 312 valence electrons. The molecule has 1 heterocycles. The van der Waals surface area contributed by atoms with Crippen LogP contribution < -0.4 is 25.4 Å². The van der Waals surface area contributed by atoms with Gasteiger partial charge in [-0.2, -0.15) is 0 Å². The highest BCUT2D eigenvalue weighted by Crippen LogP contribution is 2.53. The molecule has 0 aliphatic heterocycles. The van der Waals surface area contributed by atoms with E-state index in [0.717, 1.165) is 93.0 Å². The largest absolute Gasteiger partial charge is 0.491 e. The number of hydrogen-bond acceptors (Lipinski definition) is 4. The second kappa shape index (κ2) is 16.7. The van der Waals surface area contributed by atoms with E-state index >= 15 is 0 Å².